The van der Waals surface area contributed by atoms with Crippen molar-refractivity contribution >= 4 is 11.6 Å². The molecular weight excluding hydrogens is 322 g/mol. The van der Waals surface area contributed by atoms with Crippen LogP contribution in [0.4, 0.5) is 5.69 Å². The average molecular weight is 351 g/mol. The SMILES string of the molecule is Cc1ccc(NC(=O)CN2CCCN(Cc3ccccc3)CC2)c(C)c1. The highest BCUT2D eigenvalue weighted by molar-refractivity contribution is 5.93. The smallest absolute Gasteiger partial charge is 0.238 e. The molecule has 4 nitrogen and oxygen atoms in total. The molecule has 1 saturated heterocycles. The first-order valence-corrected chi connectivity index (χ1v) is 9.46. The molecule has 0 aromatic heterocycles. The third-order valence-electron chi connectivity index (χ3n) is 4.95. The molecule has 3 rings (SSSR count). The Bertz CT molecular complexity index is 729. The molecule has 0 aliphatic carbocycles. The minimum atomic E-state index is 0.0773. The zero-order valence-corrected chi connectivity index (χ0v) is 15.9. The summed E-state index contributed by atoms with van der Waals surface area (Å²) in [7, 11) is 0. The third kappa shape index (κ3) is 5.41. The van der Waals surface area contributed by atoms with Crippen LogP contribution in [0.15, 0.2) is 48.5 Å². The molecule has 1 N–H and O–H groups in total. The molecule has 1 heterocycles. The average Bonchev–Trinajstić information content (AvgIpc) is 2.84. The van der Waals surface area contributed by atoms with Crippen molar-refractivity contribution in [3.8, 4) is 0 Å². The molecule has 0 radical (unpaired) electrons. The molecule has 138 valence electrons. The number of rotatable bonds is 5. The molecular formula is C22H29N3O. The zero-order valence-electron chi connectivity index (χ0n) is 15.9. The molecule has 2 aromatic carbocycles. The lowest BCUT2D eigenvalue weighted by molar-refractivity contribution is -0.117. The molecule has 0 atom stereocenters. The summed E-state index contributed by atoms with van der Waals surface area (Å²) in [6.45, 7) is 9.57. The first-order chi connectivity index (χ1) is 12.6. The van der Waals surface area contributed by atoms with Crippen LogP contribution in [0, 0.1) is 13.8 Å². The largest absolute Gasteiger partial charge is 0.325 e. The lowest BCUT2D eigenvalue weighted by Gasteiger charge is -2.21. The Balaban J connectivity index is 1.49. The molecule has 2 aromatic rings. The number of carbonyl (C=O) groups excluding carboxylic acids is 1. The van der Waals surface area contributed by atoms with Crippen molar-refractivity contribution in [2.45, 2.75) is 26.8 Å². The second-order valence-corrected chi connectivity index (χ2v) is 7.26. The maximum atomic E-state index is 12.4. The van der Waals surface area contributed by atoms with Gasteiger partial charge in [0.15, 0.2) is 0 Å². The van der Waals surface area contributed by atoms with E-state index in [2.05, 4.69) is 58.4 Å². The van der Waals surface area contributed by atoms with Gasteiger partial charge in [0, 0.05) is 25.3 Å². The quantitative estimate of drug-likeness (QED) is 0.896. The van der Waals surface area contributed by atoms with Gasteiger partial charge in [-0.05, 0) is 50.6 Å². The van der Waals surface area contributed by atoms with Crippen LogP contribution >= 0.6 is 0 Å². The molecule has 26 heavy (non-hydrogen) atoms. The topological polar surface area (TPSA) is 35.6 Å². The Kier molecular flexibility index (Phi) is 6.42. The van der Waals surface area contributed by atoms with Crippen molar-refractivity contribution in [1.29, 1.82) is 0 Å². The Labute approximate surface area is 156 Å². The summed E-state index contributed by atoms with van der Waals surface area (Å²) >= 11 is 0. The van der Waals surface area contributed by atoms with Crippen molar-refractivity contribution in [2.24, 2.45) is 0 Å². The van der Waals surface area contributed by atoms with E-state index in [1.165, 1.54) is 11.1 Å². The number of hydrogen-bond donors (Lipinski definition) is 1. The molecule has 0 spiro atoms. The summed E-state index contributed by atoms with van der Waals surface area (Å²) < 4.78 is 0. The third-order valence-corrected chi connectivity index (χ3v) is 4.95. The summed E-state index contributed by atoms with van der Waals surface area (Å²) in [6, 6.07) is 16.7. The number of amides is 1. The molecule has 0 unspecified atom stereocenters. The summed E-state index contributed by atoms with van der Waals surface area (Å²) in [5.74, 6) is 0.0773. The zero-order chi connectivity index (χ0) is 18.4. The first kappa shape index (κ1) is 18.6. The summed E-state index contributed by atoms with van der Waals surface area (Å²) in [6.07, 6.45) is 1.10. The second-order valence-electron chi connectivity index (χ2n) is 7.26. The Morgan fingerprint density at radius 1 is 0.962 bits per heavy atom. The molecule has 1 aliphatic rings. The fourth-order valence-corrected chi connectivity index (χ4v) is 3.53. The number of hydrogen-bond acceptors (Lipinski definition) is 3. The van der Waals surface area contributed by atoms with Gasteiger partial charge in [-0.2, -0.15) is 0 Å². The van der Waals surface area contributed by atoms with E-state index in [0.29, 0.717) is 6.54 Å². The van der Waals surface area contributed by atoms with E-state index >= 15 is 0 Å². The monoisotopic (exact) mass is 351 g/mol. The van der Waals surface area contributed by atoms with Gasteiger partial charge in [0.25, 0.3) is 0 Å². The number of carbonyl (C=O) groups is 1. The second kappa shape index (κ2) is 8.97. The van der Waals surface area contributed by atoms with Crippen LogP contribution in [-0.4, -0.2) is 48.4 Å². The Morgan fingerprint density at radius 2 is 1.69 bits per heavy atom. The standard InChI is InChI=1S/C22H29N3O/c1-18-9-10-21(19(2)15-18)23-22(26)17-25-12-6-11-24(13-14-25)16-20-7-4-3-5-8-20/h3-5,7-10,15H,6,11-14,16-17H2,1-2H3,(H,23,26). The van der Waals surface area contributed by atoms with Gasteiger partial charge in [-0.1, -0.05) is 48.0 Å². The molecule has 1 amide bonds. The lowest BCUT2D eigenvalue weighted by Crippen LogP contribution is -2.36. The van der Waals surface area contributed by atoms with Gasteiger partial charge in [-0.25, -0.2) is 0 Å². The summed E-state index contributed by atoms with van der Waals surface area (Å²) in [4.78, 5) is 17.2. The van der Waals surface area contributed by atoms with E-state index in [1.807, 2.05) is 19.1 Å². The van der Waals surface area contributed by atoms with Crippen molar-refractivity contribution in [3.05, 3.63) is 65.2 Å². The van der Waals surface area contributed by atoms with Gasteiger partial charge in [-0.15, -0.1) is 0 Å². The van der Waals surface area contributed by atoms with Gasteiger partial charge < -0.3 is 5.32 Å². The van der Waals surface area contributed by atoms with Crippen LogP contribution in [0.3, 0.4) is 0 Å². The van der Waals surface area contributed by atoms with Crippen LogP contribution in [0.1, 0.15) is 23.1 Å². The van der Waals surface area contributed by atoms with Gasteiger partial charge in [0.1, 0.15) is 0 Å². The van der Waals surface area contributed by atoms with Crippen LogP contribution in [0.5, 0.6) is 0 Å². The van der Waals surface area contributed by atoms with Crippen molar-refractivity contribution in [2.75, 3.05) is 38.0 Å². The van der Waals surface area contributed by atoms with Gasteiger partial charge >= 0.3 is 0 Å². The molecule has 0 bridgehead atoms. The predicted molar refractivity (Wildman–Crippen MR) is 107 cm³/mol. The van der Waals surface area contributed by atoms with E-state index in [0.717, 1.165) is 50.4 Å². The number of nitrogens with one attached hydrogen (secondary N) is 1. The maximum Gasteiger partial charge on any atom is 0.238 e. The number of anilines is 1. The number of nitrogens with zero attached hydrogens (tertiary/aromatic N) is 2. The van der Waals surface area contributed by atoms with E-state index in [-0.39, 0.29) is 5.91 Å². The molecule has 0 saturated carbocycles. The van der Waals surface area contributed by atoms with Gasteiger partial charge in [0.05, 0.1) is 6.54 Å². The Morgan fingerprint density at radius 3 is 2.46 bits per heavy atom. The minimum Gasteiger partial charge on any atom is -0.325 e. The fraction of sp³-hybridized carbons (Fsp3) is 0.409. The molecule has 1 aliphatic heterocycles. The highest BCUT2D eigenvalue weighted by Gasteiger charge is 2.17. The lowest BCUT2D eigenvalue weighted by atomic mass is 10.1. The van der Waals surface area contributed by atoms with Gasteiger partial charge in [-0.3, -0.25) is 14.6 Å². The predicted octanol–water partition coefficient (Wildman–Crippen LogP) is 3.45. The van der Waals surface area contributed by atoms with Crippen LogP contribution < -0.4 is 5.32 Å². The van der Waals surface area contributed by atoms with Crippen LogP contribution in [0.2, 0.25) is 0 Å². The highest BCUT2D eigenvalue weighted by Crippen LogP contribution is 2.16. The molecule has 4 heteroatoms. The number of aryl methyl sites for hydroxylation is 2. The number of benzene rings is 2. The summed E-state index contributed by atoms with van der Waals surface area (Å²) in [5.41, 5.74) is 4.60. The minimum absolute atomic E-state index is 0.0773. The van der Waals surface area contributed by atoms with Crippen LogP contribution in [-0.2, 0) is 11.3 Å². The van der Waals surface area contributed by atoms with E-state index in [1.54, 1.807) is 0 Å². The maximum absolute atomic E-state index is 12.4. The normalized spacial score (nSPS) is 16.2. The van der Waals surface area contributed by atoms with Crippen molar-refractivity contribution < 1.29 is 4.79 Å². The first-order valence-electron chi connectivity index (χ1n) is 9.46. The van der Waals surface area contributed by atoms with E-state index in [9.17, 15) is 4.79 Å². The van der Waals surface area contributed by atoms with E-state index in [4.69, 9.17) is 0 Å². The van der Waals surface area contributed by atoms with Crippen molar-refractivity contribution in [1.82, 2.24) is 9.80 Å². The highest BCUT2D eigenvalue weighted by atomic mass is 16.2. The van der Waals surface area contributed by atoms with Crippen molar-refractivity contribution in [3.63, 3.8) is 0 Å². The summed E-state index contributed by atoms with van der Waals surface area (Å²) in [5, 5.41) is 3.06. The Hall–Kier alpha value is -2.17. The van der Waals surface area contributed by atoms with E-state index < -0.39 is 0 Å². The van der Waals surface area contributed by atoms with Gasteiger partial charge in [0.2, 0.25) is 5.91 Å². The van der Waals surface area contributed by atoms with Crippen LogP contribution in [0.25, 0.3) is 0 Å². The molecule has 1 fully saturated rings. The fourth-order valence-electron chi connectivity index (χ4n) is 3.53.